The quantitative estimate of drug-likeness (QED) is 0.703. The van der Waals surface area contributed by atoms with Gasteiger partial charge in [-0.15, -0.1) is 0 Å². The fourth-order valence-corrected chi connectivity index (χ4v) is 5.15. The number of halogens is 1. The van der Waals surface area contributed by atoms with E-state index in [1.165, 1.54) is 26.2 Å². The van der Waals surface area contributed by atoms with E-state index in [9.17, 15) is 13.2 Å². The molecular formula is C18H29ClN4O3S. The smallest absolute Gasteiger partial charge is 0.319 e. The Morgan fingerprint density at radius 2 is 1.74 bits per heavy atom. The highest BCUT2D eigenvalue weighted by Crippen LogP contribution is 2.29. The molecular weight excluding hydrogens is 388 g/mol. The van der Waals surface area contributed by atoms with Crippen LogP contribution >= 0.6 is 11.6 Å². The molecule has 0 spiro atoms. The maximum absolute atomic E-state index is 12.4. The van der Waals surface area contributed by atoms with Crippen molar-refractivity contribution in [3.05, 3.63) is 23.2 Å². The molecule has 0 saturated carbocycles. The fourth-order valence-electron chi connectivity index (χ4n) is 3.75. The average Bonchev–Trinajstić information content (AvgIpc) is 2.45. The molecule has 27 heavy (non-hydrogen) atoms. The van der Waals surface area contributed by atoms with Crippen molar-refractivity contribution in [1.82, 2.24) is 14.9 Å². The lowest BCUT2D eigenvalue weighted by molar-refractivity contribution is 0.149. The number of hydrogen-bond acceptors (Lipinski definition) is 4. The lowest BCUT2D eigenvalue weighted by Crippen LogP contribution is -2.62. The summed E-state index contributed by atoms with van der Waals surface area (Å²) in [4.78, 5) is 12.4. The van der Waals surface area contributed by atoms with Gasteiger partial charge in [0.1, 0.15) is 4.90 Å². The van der Waals surface area contributed by atoms with Gasteiger partial charge in [-0.1, -0.05) is 11.6 Å². The van der Waals surface area contributed by atoms with Gasteiger partial charge in [0, 0.05) is 36.9 Å². The third-order valence-corrected chi connectivity index (χ3v) is 6.77. The van der Waals surface area contributed by atoms with Gasteiger partial charge >= 0.3 is 6.03 Å². The van der Waals surface area contributed by atoms with E-state index in [0.29, 0.717) is 5.69 Å². The van der Waals surface area contributed by atoms with E-state index >= 15 is 0 Å². The summed E-state index contributed by atoms with van der Waals surface area (Å²) in [6.07, 6.45) is 1.59. The van der Waals surface area contributed by atoms with Gasteiger partial charge in [0.05, 0.1) is 5.02 Å². The first-order valence-electron chi connectivity index (χ1n) is 8.81. The Morgan fingerprint density at radius 1 is 1.19 bits per heavy atom. The fraction of sp³-hybridized carbons (Fsp3) is 0.611. The second-order valence-electron chi connectivity index (χ2n) is 8.53. The average molecular weight is 417 g/mol. The molecule has 1 fully saturated rings. The van der Waals surface area contributed by atoms with Crippen molar-refractivity contribution in [2.24, 2.45) is 0 Å². The van der Waals surface area contributed by atoms with E-state index in [2.05, 4.69) is 43.6 Å². The minimum Gasteiger partial charge on any atom is -0.335 e. The van der Waals surface area contributed by atoms with Crippen molar-refractivity contribution in [3.63, 3.8) is 0 Å². The molecule has 0 atom stereocenters. The zero-order valence-electron chi connectivity index (χ0n) is 16.7. The summed E-state index contributed by atoms with van der Waals surface area (Å²) in [5, 5.41) is 9.38. The molecule has 1 aromatic rings. The molecule has 3 N–H and O–H groups in total. The lowest BCUT2D eigenvalue weighted by Gasteiger charge is -2.46. The molecule has 0 radical (unpaired) electrons. The van der Waals surface area contributed by atoms with Gasteiger partial charge < -0.3 is 16.0 Å². The van der Waals surface area contributed by atoms with E-state index in [1.54, 1.807) is 6.07 Å². The van der Waals surface area contributed by atoms with Gasteiger partial charge in [-0.3, -0.25) is 0 Å². The zero-order valence-corrected chi connectivity index (χ0v) is 18.3. The van der Waals surface area contributed by atoms with Crippen LogP contribution < -0.4 is 16.0 Å². The number of nitrogens with one attached hydrogen (secondary N) is 3. The van der Waals surface area contributed by atoms with Crippen LogP contribution in [0.4, 0.5) is 10.5 Å². The SMILES string of the molecule is CN(C)S(=O)(=O)c1cc(NC(=O)NC2CC(C)(C)NC(C)(C)C2)ccc1Cl. The third kappa shape index (κ3) is 5.57. The Kier molecular flexibility index (Phi) is 6.16. The van der Waals surface area contributed by atoms with Crippen LogP contribution in [0.15, 0.2) is 23.1 Å². The van der Waals surface area contributed by atoms with E-state index in [4.69, 9.17) is 11.6 Å². The Hall–Kier alpha value is -1.35. The minimum absolute atomic E-state index is 0.00790. The molecule has 0 bridgehead atoms. The van der Waals surface area contributed by atoms with E-state index < -0.39 is 10.0 Å². The first kappa shape index (κ1) is 21.9. The number of piperidine rings is 1. The number of carbonyl (C=O) groups is 1. The number of amides is 2. The summed E-state index contributed by atoms with van der Waals surface area (Å²) in [5.74, 6) is 0. The first-order valence-corrected chi connectivity index (χ1v) is 10.6. The molecule has 1 aliphatic heterocycles. The Bertz CT molecular complexity index is 806. The standard InChI is InChI=1S/C18H29ClN4O3S/c1-17(2)10-13(11-18(3,4)22-17)21-16(24)20-12-7-8-14(19)15(9-12)27(25,26)23(5)6/h7-9,13,22H,10-11H2,1-6H3,(H2,20,21,24). The maximum atomic E-state index is 12.4. The molecule has 0 aliphatic carbocycles. The van der Waals surface area contributed by atoms with Gasteiger partial charge in [-0.2, -0.15) is 0 Å². The summed E-state index contributed by atoms with van der Waals surface area (Å²) in [6, 6.07) is 4.04. The van der Waals surface area contributed by atoms with E-state index in [1.807, 2.05) is 0 Å². The summed E-state index contributed by atoms with van der Waals surface area (Å²) in [6.45, 7) is 8.44. The zero-order chi connectivity index (χ0) is 20.6. The number of urea groups is 1. The largest absolute Gasteiger partial charge is 0.335 e. The van der Waals surface area contributed by atoms with Crippen LogP contribution in [-0.2, 0) is 10.0 Å². The number of benzene rings is 1. The summed E-state index contributed by atoms with van der Waals surface area (Å²) < 4.78 is 25.8. The van der Waals surface area contributed by atoms with Crippen molar-refractivity contribution in [2.45, 2.75) is 62.6 Å². The van der Waals surface area contributed by atoms with Crippen LogP contribution in [0, 0.1) is 0 Å². The Labute approximate surface area is 166 Å². The molecule has 7 nitrogen and oxygen atoms in total. The highest BCUT2D eigenvalue weighted by Gasteiger charge is 2.38. The van der Waals surface area contributed by atoms with Crippen LogP contribution in [0.1, 0.15) is 40.5 Å². The first-order chi connectivity index (χ1) is 12.2. The highest BCUT2D eigenvalue weighted by atomic mass is 35.5. The topological polar surface area (TPSA) is 90.5 Å². The van der Waals surface area contributed by atoms with Gasteiger partial charge in [0.2, 0.25) is 10.0 Å². The molecule has 2 rings (SSSR count). The van der Waals surface area contributed by atoms with Crippen LogP contribution in [-0.4, -0.2) is 50.0 Å². The highest BCUT2D eigenvalue weighted by molar-refractivity contribution is 7.89. The van der Waals surface area contributed by atoms with E-state index in [-0.39, 0.29) is 33.1 Å². The Balaban J connectivity index is 2.13. The Morgan fingerprint density at radius 3 is 2.26 bits per heavy atom. The second-order valence-corrected chi connectivity index (χ2v) is 11.1. The summed E-state index contributed by atoms with van der Waals surface area (Å²) in [5.41, 5.74) is 0.185. The predicted molar refractivity (Wildman–Crippen MR) is 109 cm³/mol. The number of rotatable bonds is 4. The van der Waals surface area contributed by atoms with E-state index in [0.717, 1.165) is 17.1 Å². The number of sulfonamides is 1. The van der Waals surface area contributed by atoms with Crippen LogP contribution in [0.3, 0.4) is 0 Å². The molecule has 9 heteroatoms. The van der Waals surface area contributed by atoms with Crippen molar-refractivity contribution in [3.8, 4) is 0 Å². The van der Waals surface area contributed by atoms with Crippen molar-refractivity contribution < 1.29 is 13.2 Å². The van der Waals surface area contributed by atoms with Crippen molar-refractivity contribution in [2.75, 3.05) is 19.4 Å². The van der Waals surface area contributed by atoms with Crippen LogP contribution in [0.25, 0.3) is 0 Å². The van der Waals surface area contributed by atoms with Gasteiger partial charge in [0.25, 0.3) is 0 Å². The maximum Gasteiger partial charge on any atom is 0.319 e. The van der Waals surface area contributed by atoms with Crippen LogP contribution in [0.5, 0.6) is 0 Å². The van der Waals surface area contributed by atoms with Crippen molar-refractivity contribution in [1.29, 1.82) is 0 Å². The molecule has 152 valence electrons. The molecule has 1 heterocycles. The van der Waals surface area contributed by atoms with Gasteiger partial charge in [-0.25, -0.2) is 17.5 Å². The van der Waals surface area contributed by atoms with Gasteiger partial charge in [-0.05, 0) is 58.7 Å². The predicted octanol–water partition coefficient (Wildman–Crippen LogP) is 3.02. The number of hydrogen-bond donors (Lipinski definition) is 3. The number of nitrogens with zero attached hydrogens (tertiary/aromatic N) is 1. The van der Waals surface area contributed by atoms with Gasteiger partial charge in [0.15, 0.2) is 0 Å². The lowest BCUT2D eigenvalue weighted by atomic mass is 9.80. The molecule has 1 aromatic carbocycles. The molecule has 0 aromatic heterocycles. The molecule has 1 saturated heterocycles. The summed E-state index contributed by atoms with van der Waals surface area (Å²) in [7, 11) is -0.843. The number of anilines is 1. The molecule has 0 unspecified atom stereocenters. The third-order valence-electron chi connectivity index (χ3n) is 4.47. The second kappa shape index (κ2) is 7.58. The van der Waals surface area contributed by atoms with Crippen LogP contribution in [0.2, 0.25) is 5.02 Å². The number of carbonyl (C=O) groups excluding carboxylic acids is 1. The summed E-state index contributed by atoms with van der Waals surface area (Å²) >= 11 is 6.04. The molecule has 2 amide bonds. The van der Waals surface area contributed by atoms with Crippen molar-refractivity contribution >= 4 is 33.3 Å². The minimum atomic E-state index is -3.70. The normalized spacial score (nSPS) is 19.7. The molecule has 1 aliphatic rings. The monoisotopic (exact) mass is 416 g/mol.